The van der Waals surface area contributed by atoms with Gasteiger partial charge in [-0.25, -0.2) is 0 Å². The first kappa shape index (κ1) is 34.9. The quantitative estimate of drug-likeness (QED) is 0.157. The standard InChI is InChI=1S/C58H39N3/c1-3-19-43(20-4-1)60-55-30-12-10-26-53(55)58-50(28-15-31-56(58)60)42-18-13-23-46(38-42)59(45-34-32-41(33-35-45)49-27-14-17-40-16-7-8-24-48(40)49)47-36-37-52-51-25-9-11-29-54(51)61(57(52)39-47)44-21-5-2-6-22-44/h1-39H. The molecule has 286 valence electrons. The van der Waals surface area contributed by atoms with Gasteiger partial charge in [0, 0.05) is 50.0 Å². The zero-order valence-electron chi connectivity index (χ0n) is 33.4. The minimum absolute atomic E-state index is 1.08. The maximum absolute atomic E-state index is 2.41. The van der Waals surface area contributed by atoms with Crippen LogP contribution in [0, 0.1) is 0 Å². The van der Waals surface area contributed by atoms with E-state index in [1.165, 1.54) is 65.6 Å². The molecule has 0 N–H and O–H groups in total. The number of fused-ring (bicyclic) bond motifs is 7. The Hall–Kier alpha value is -8.14. The lowest BCUT2D eigenvalue weighted by molar-refractivity contribution is 1.18. The van der Waals surface area contributed by atoms with Crippen LogP contribution in [0.25, 0.3) is 88.0 Å². The lowest BCUT2D eigenvalue weighted by atomic mass is 9.97. The van der Waals surface area contributed by atoms with Gasteiger partial charge in [0.25, 0.3) is 0 Å². The highest BCUT2D eigenvalue weighted by Crippen LogP contribution is 2.44. The van der Waals surface area contributed by atoms with E-state index in [2.05, 4.69) is 251 Å². The summed E-state index contributed by atoms with van der Waals surface area (Å²) in [7, 11) is 0. The number of rotatable bonds is 7. The predicted molar refractivity (Wildman–Crippen MR) is 258 cm³/mol. The maximum atomic E-state index is 2.41. The molecule has 0 aliphatic rings. The van der Waals surface area contributed by atoms with Crippen molar-refractivity contribution >= 4 is 71.4 Å². The Morgan fingerprint density at radius 2 is 0.803 bits per heavy atom. The second-order valence-electron chi connectivity index (χ2n) is 15.7. The van der Waals surface area contributed by atoms with Crippen LogP contribution >= 0.6 is 0 Å². The third-order valence-corrected chi connectivity index (χ3v) is 12.3. The highest BCUT2D eigenvalue weighted by molar-refractivity contribution is 6.16. The van der Waals surface area contributed by atoms with Crippen molar-refractivity contribution in [1.82, 2.24) is 9.13 Å². The monoisotopic (exact) mass is 777 g/mol. The van der Waals surface area contributed by atoms with Crippen molar-refractivity contribution in [2.45, 2.75) is 0 Å². The molecular formula is C58H39N3. The molecule has 61 heavy (non-hydrogen) atoms. The first-order valence-electron chi connectivity index (χ1n) is 20.9. The number of nitrogens with zero attached hydrogens (tertiary/aromatic N) is 3. The van der Waals surface area contributed by atoms with Crippen molar-refractivity contribution in [3.8, 4) is 33.6 Å². The smallest absolute Gasteiger partial charge is 0.0561 e. The van der Waals surface area contributed by atoms with E-state index in [-0.39, 0.29) is 0 Å². The van der Waals surface area contributed by atoms with Crippen molar-refractivity contribution in [1.29, 1.82) is 0 Å². The van der Waals surface area contributed by atoms with E-state index in [4.69, 9.17) is 0 Å². The zero-order valence-corrected chi connectivity index (χ0v) is 33.4. The summed E-state index contributed by atoms with van der Waals surface area (Å²) in [5.74, 6) is 0. The first-order chi connectivity index (χ1) is 30.3. The van der Waals surface area contributed by atoms with Crippen LogP contribution in [0.3, 0.4) is 0 Å². The topological polar surface area (TPSA) is 13.1 Å². The van der Waals surface area contributed by atoms with Gasteiger partial charge >= 0.3 is 0 Å². The Morgan fingerprint density at radius 1 is 0.279 bits per heavy atom. The van der Waals surface area contributed by atoms with Gasteiger partial charge in [0.2, 0.25) is 0 Å². The summed E-state index contributed by atoms with van der Waals surface area (Å²) < 4.78 is 4.79. The second kappa shape index (κ2) is 14.3. The summed E-state index contributed by atoms with van der Waals surface area (Å²) in [6, 6.07) is 85.9. The highest BCUT2D eigenvalue weighted by Gasteiger charge is 2.20. The van der Waals surface area contributed by atoms with Crippen molar-refractivity contribution in [2.24, 2.45) is 0 Å². The lowest BCUT2D eigenvalue weighted by Crippen LogP contribution is -2.10. The van der Waals surface area contributed by atoms with Crippen molar-refractivity contribution in [3.05, 3.63) is 237 Å². The molecule has 0 fully saturated rings. The van der Waals surface area contributed by atoms with Crippen LogP contribution in [-0.4, -0.2) is 9.13 Å². The number of hydrogen-bond acceptors (Lipinski definition) is 1. The number of anilines is 3. The van der Waals surface area contributed by atoms with Gasteiger partial charge in [-0.15, -0.1) is 0 Å². The predicted octanol–water partition coefficient (Wildman–Crippen LogP) is 15.8. The molecule has 0 bridgehead atoms. The van der Waals surface area contributed by atoms with Crippen LogP contribution in [0.15, 0.2) is 237 Å². The van der Waals surface area contributed by atoms with E-state index in [0.717, 1.165) is 39.5 Å². The molecule has 0 spiro atoms. The number of para-hydroxylation sites is 4. The summed E-state index contributed by atoms with van der Waals surface area (Å²) in [6.45, 7) is 0. The molecule has 2 heterocycles. The molecule has 0 radical (unpaired) electrons. The number of aromatic nitrogens is 2. The third kappa shape index (κ3) is 5.74. The SMILES string of the molecule is c1ccc(-n2c3ccccc3c3ccc(N(c4ccc(-c5cccc6ccccc56)cc4)c4cccc(-c5cccc6c5c5ccccc5n6-c5ccccc5)c4)cc32)cc1. The maximum Gasteiger partial charge on any atom is 0.0561 e. The van der Waals surface area contributed by atoms with Gasteiger partial charge in [-0.1, -0.05) is 158 Å². The van der Waals surface area contributed by atoms with E-state index >= 15 is 0 Å². The van der Waals surface area contributed by atoms with E-state index in [1.807, 2.05) is 0 Å². The van der Waals surface area contributed by atoms with Crippen LogP contribution in [0.5, 0.6) is 0 Å². The van der Waals surface area contributed by atoms with Gasteiger partial charge in [-0.2, -0.15) is 0 Å². The fourth-order valence-corrected chi connectivity index (χ4v) is 9.60. The molecule has 0 unspecified atom stereocenters. The molecule has 12 aromatic rings. The van der Waals surface area contributed by atoms with Crippen LogP contribution in [0.4, 0.5) is 17.1 Å². The Morgan fingerprint density at radius 3 is 1.57 bits per heavy atom. The Labute approximate surface area is 354 Å². The lowest BCUT2D eigenvalue weighted by Gasteiger charge is -2.27. The normalized spacial score (nSPS) is 11.6. The van der Waals surface area contributed by atoms with E-state index < -0.39 is 0 Å². The molecule has 0 saturated carbocycles. The Balaban J connectivity index is 1.07. The van der Waals surface area contributed by atoms with Crippen LogP contribution in [0.1, 0.15) is 0 Å². The summed E-state index contributed by atoms with van der Waals surface area (Å²) in [5, 5.41) is 7.45. The second-order valence-corrected chi connectivity index (χ2v) is 15.7. The summed E-state index contributed by atoms with van der Waals surface area (Å²) >= 11 is 0. The fourth-order valence-electron chi connectivity index (χ4n) is 9.60. The highest BCUT2D eigenvalue weighted by atomic mass is 15.1. The van der Waals surface area contributed by atoms with Gasteiger partial charge < -0.3 is 14.0 Å². The summed E-state index contributed by atoms with van der Waals surface area (Å²) in [5.41, 5.74) is 15.1. The van der Waals surface area contributed by atoms with Crippen LogP contribution in [-0.2, 0) is 0 Å². The molecule has 0 atom stereocenters. The van der Waals surface area contributed by atoms with E-state index in [0.29, 0.717) is 0 Å². The molecule has 0 aliphatic carbocycles. The van der Waals surface area contributed by atoms with Gasteiger partial charge in [-0.05, 0) is 112 Å². The average molecular weight is 778 g/mol. The molecule has 0 saturated heterocycles. The number of benzene rings is 10. The van der Waals surface area contributed by atoms with Gasteiger partial charge in [0.1, 0.15) is 0 Å². The Kier molecular flexibility index (Phi) is 8.17. The first-order valence-corrected chi connectivity index (χ1v) is 20.9. The van der Waals surface area contributed by atoms with E-state index in [9.17, 15) is 0 Å². The molecule has 3 nitrogen and oxygen atoms in total. The van der Waals surface area contributed by atoms with Crippen molar-refractivity contribution < 1.29 is 0 Å². The minimum atomic E-state index is 1.08. The number of hydrogen-bond donors (Lipinski definition) is 0. The summed E-state index contributed by atoms with van der Waals surface area (Å²) in [4.78, 5) is 2.41. The van der Waals surface area contributed by atoms with Crippen LogP contribution < -0.4 is 4.90 Å². The largest absolute Gasteiger partial charge is 0.310 e. The fraction of sp³-hybridized carbons (Fsp3) is 0. The summed E-state index contributed by atoms with van der Waals surface area (Å²) in [6.07, 6.45) is 0. The average Bonchev–Trinajstić information content (AvgIpc) is 3.85. The molecule has 2 aromatic heterocycles. The van der Waals surface area contributed by atoms with Crippen LogP contribution in [0.2, 0.25) is 0 Å². The Bertz CT molecular complexity index is 3570. The molecular weight excluding hydrogens is 739 g/mol. The minimum Gasteiger partial charge on any atom is -0.310 e. The zero-order chi connectivity index (χ0) is 40.3. The van der Waals surface area contributed by atoms with Crippen molar-refractivity contribution in [3.63, 3.8) is 0 Å². The van der Waals surface area contributed by atoms with Gasteiger partial charge in [0.05, 0.1) is 22.1 Å². The molecule has 0 aliphatic heterocycles. The van der Waals surface area contributed by atoms with Crippen molar-refractivity contribution in [2.75, 3.05) is 4.90 Å². The molecule has 3 heteroatoms. The van der Waals surface area contributed by atoms with Gasteiger partial charge in [-0.3, -0.25) is 0 Å². The molecule has 10 aromatic carbocycles. The van der Waals surface area contributed by atoms with E-state index in [1.54, 1.807) is 0 Å². The molecule has 12 rings (SSSR count). The van der Waals surface area contributed by atoms with Gasteiger partial charge in [0.15, 0.2) is 0 Å². The molecule has 0 amide bonds. The third-order valence-electron chi connectivity index (χ3n) is 12.3.